The second-order valence-electron chi connectivity index (χ2n) is 4.92. The van der Waals surface area contributed by atoms with Gasteiger partial charge in [-0.05, 0) is 38.0 Å². The molecule has 0 bridgehead atoms. The summed E-state index contributed by atoms with van der Waals surface area (Å²) in [6, 6.07) is 4.44. The quantitative estimate of drug-likeness (QED) is 0.775. The molecule has 1 aliphatic rings. The zero-order valence-corrected chi connectivity index (χ0v) is 12.2. The molecule has 98 valence electrons. The lowest BCUT2D eigenvalue weighted by molar-refractivity contribution is 0.0490. The number of hydrogen-bond acceptors (Lipinski definition) is 2. The van der Waals surface area contributed by atoms with Crippen LogP contribution in [-0.2, 0) is 4.74 Å². The van der Waals surface area contributed by atoms with Crippen molar-refractivity contribution in [2.45, 2.75) is 33.0 Å². The molecule has 2 rings (SSSR count). The Hall–Kier alpha value is -0.740. The summed E-state index contributed by atoms with van der Waals surface area (Å²) in [5.74, 6) is -0.810. The van der Waals surface area contributed by atoms with E-state index >= 15 is 0 Å². The SMILES string of the molecule is CC1OC(C)C(C(=O)c2cc(Br)ccc2F)C1C. The van der Waals surface area contributed by atoms with E-state index in [-0.39, 0.29) is 35.4 Å². The second-order valence-corrected chi connectivity index (χ2v) is 5.84. The molecule has 1 aromatic rings. The Balaban J connectivity index is 2.34. The Morgan fingerprint density at radius 2 is 1.94 bits per heavy atom. The van der Waals surface area contributed by atoms with Gasteiger partial charge in [0.15, 0.2) is 5.78 Å². The highest BCUT2D eigenvalue weighted by Gasteiger charge is 2.42. The molecule has 0 amide bonds. The number of benzene rings is 1. The summed E-state index contributed by atoms with van der Waals surface area (Å²) in [5.41, 5.74) is 0.144. The van der Waals surface area contributed by atoms with Crippen LogP contribution in [0.15, 0.2) is 22.7 Å². The van der Waals surface area contributed by atoms with Crippen LogP contribution < -0.4 is 0 Å². The molecule has 0 spiro atoms. The highest BCUT2D eigenvalue weighted by atomic mass is 79.9. The van der Waals surface area contributed by atoms with Crippen LogP contribution in [0.4, 0.5) is 4.39 Å². The fourth-order valence-electron chi connectivity index (χ4n) is 2.58. The third kappa shape index (κ3) is 2.36. The smallest absolute Gasteiger partial charge is 0.171 e. The van der Waals surface area contributed by atoms with Crippen LogP contribution >= 0.6 is 15.9 Å². The number of ketones is 1. The zero-order chi connectivity index (χ0) is 13.4. The standard InChI is InChI=1S/C14H16BrFO2/c1-7-8(2)18-9(3)13(7)14(17)11-6-10(15)4-5-12(11)16/h4-9,13H,1-3H3. The monoisotopic (exact) mass is 314 g/mol. The maximum Gasteiger partial charge on any atom is 0.171 e. The minimum absolute atomic E-state index is 0.0316. The molecular weight excluding hydrogens is 299 g/mol. The molecule has 1 fully saturated rings. The van der Waals surface area contributed by atoms with E-state index in [0.29, 0.717) is 4.47 Å². The van der Waals surface area contributed by atoms with E-state index in [2.05, 4.69) is 15.9 Å². The highest BCUT2D eigenvalue weighted by Crippen LogP contribution is 2.35. The largest absolute Gasteiger partial charge is 0.374 e. The lowest BCUT2D eigenvalue weighted by Crippen LogP contribution is -2.27. The fourth-order valence-corrected chi connectivity index (χ4v) is 2.95. The van der Waals surface area contributed by atoms with E-state index in [4.69, 9.17) is 4.74 Å². The Bertz CT molecular complexity index is 475. The molecule has 1 heterocycles. The van der Waals surface area contributed by atoms with Crippen molar-refractivity contribution in [3.8, 4) is 0 Å². The first kappa shape index (κ1) is 13.7. The normalized spacial score (nSPS) is 31.6. The molecule has 0 N–H and O–H groups in total. The summed E-state index contributed by atoms with van der Waals surface area (Å²) in [7, 11) is 0. The maximum atomic E-state index is 13.7. The topological polar surface area (TPSA) is 26.3 Å². The van der Waals surface area contributed by atoms with E-state index in [1.54, 1.807) is 12.1 Å². The van der Waals surface area contributed by atoms with Crippen LogP contribution in [0.25, 0.3) is 0 Å². The lowest BCUT2D eigenvalue weighted by atomic mass is 9.83. The third-order valence-electron chi connectivity index (χ3n) is 3.74. The Kier molecular flexibility index (Phi) is 3.87. The average molecular weight is 315 g/mol. The van der Waals surface area contributed by atoms with Gasteiger partial charge in [-0.25, -0.2) is 4.39 Å². The first-order valence-electron chi connectivity index (χ1n) is 6.06. The average Bonchev–Trinajstić information content (AvgIpc) is 2.56. The number of halogens is 2. The number of rotatable bonds is 2. The third-order valence-corrected chi connectivity index (χ3v) is 4.23. The van der Waals surface area contributed by atoms with Gasteiger partial charge in [-0.1, -0.05) is 22.9 Å². The minimum atomic E-state index is -0.470. The summed E-state index contributed by atoms with van der Waals surface area (Å²) in [5, 5.41) is 0. The number of ether oxygens (including phenoxy) is 1. The van der Waals surface area contributed by atoms with Crippen LogP contribution in [0.5, 0.6) is 0 Å². The molecule has 0 aromatic heterocycles. The van der Waals surface area contributed by atoms with E-state index in [1.807, 2.05) is 20.8 Å². The fraction of sp³-hybridized carbons (Fsp3) is 0.500. The van der Waals surface area contributed by atoms with Gasteiger partial charge in [0.25, 0.3) is 0 Å². The van der Waals surface area contributed by atoms with Crippen molar-refractivity contribution in [2.24, 2.45) is 11.8 Å². The summed E-state index contributed by atoms with van der Waals surface area (Å²) in [4.78, 5) is 12.4. The van der Waals surface area contributed by atoms with Gasteiger partial charge < -0.3 is 4.74 Å². The van der Waals surface area contributed by atoms with E-state index in [9.17, 15) is 9.18 Å². The van der Waals surface area contributed by atoms with E-state index < -0.39 is 5.82 Å². The predicted octanol–water partition coefficient (Wildman–Crippen LogP) is 3.83. The predicted molar refractivity (Wildman–Crippen MR) is 71.1 cm³/mol. The molecular formula is C14H16BrFO2. The summed E-state index contributed by atoms with van der Waals surface area (Å²) >= 11 is 3.27. The van der Waals surface area contributed by atoms with Crippen molar-refractivity contribution in [3.63, 3.8) is 0 Å². The summed E-state index contributed by atoms with van der Waals surface area (Å²) < 4.78 is 20.1. The Morgan fingerprint density at radius 1 is 1.28 bits per heavy atom. The van der Waals surface area contributed by atoms with Gasteiger partial charge in [-0.15, -0.1) is 0 Å². The number of carbonyl (C=O) groups excluding carboxylic acids is 1. The summed E-state index contributed by atoms with van der Waals surface area (Å²) in [6.07, 6.45) is -0.134. The van der Waals surface area contributed by atoms with Crippen molar-refractivity contribution in [2.75, 3.05) is 0 Å². The summed E-state index contributed by atoms with van der Waals surface area (Å²) in [6.45, 7) is 5.80. The maximum absolute atomic E-state index is 13.7. The molecule has 1 aliphatic heterocycles. The van der Waals surface area contributed by atoms with Gasteiger partial charge in [0.2, 0.25) is 0 Å². The molecule has 0 aliphatic carbocycles. The molecule has 1 aromatic carbocycles. The molecule has 1 saturated heterocycles. The van der Waals surface area contributed by atoms with Gasteiger partial charge in [-0.2, -0.15) is 0 Å². The molecule has 4 atom stereocenters. The van der Waals surface area contributed by atoms with Crippen LogP contribution in [0.2, 0.25) is 0 Å². The molecule has 18 heavy (non-hydrogen) atoms. The van der Waals surface area contributed by atoms with Crippen LogP contribution in [0, 0.1) is 17.7 Å². The number of carbonyl (C=O) groups is 1. The first-order valence-corrected chi connectivity index (χ1v) is 6.86. The van der Waals surface area contributed by atoms with Crippen LogP contribution in [-0.4, -0.2) is 18.0 Å². The number of hydrogen-bond donors (Lipinski definition) is 0. The van der Waals surface area contributed by atoms with Gasteiger partial charge in [-0.3, -0.25) is 4.79 Å². The first-order chi connectivity index (χ1) is 8.41. The minimum Gasteiger partial charge on any atom is -0.374 e. The lowest BCUT2D eigenvalue weighted by Gasteiger charge is -2.17. The molecule has 0 saturated carbocycles. The van der Waals surface area contributed by atoms with Crippen molar-refractivity contribution in [3.05, 3.63) is 34.1 Å². The zero-order valence-electron chi connectivity index (χ0n) is 10.6. The van der Waals surface area contributed by atoms with Crippen LogP contribution in [0.3, 0.4) is 0 Å². The Morgan fingerprint density at radius 3 is 2.50 bits per heavy atom. The molecule has 0 radical (unpaired) electrons. The molecule has 4 heteroatoms. The van der Waals surface area contributed by atoms with Crippen molar-refractivity contribution in [1.29, 1.82) is 0 Å². The Labute approximate surface area is 115 Å². The van der Waals surface area contributed by atoms with E-state index in [0.717, 1.165) is 0 Å². The molecule has 4 unspecified atom stereocenters. The molecule has 2 nitrogen and oxygen atoms in total. The van der Waals surface area contributed by atoms with Gasteiger partial charge in [0, 0.05) is 4.47 Å². The van der Waals surface area contributed by atoms with Gasteiger partial charge in [0.1, 0.15) is 5.82 Å². The van der Waals surface area contributed by atoms with Crippen molar-refractivity contribution < 1.29 is 13.9 Å². The van der Waals surface area contributed by atoms with E-state index in [1.165, 1.54) is 6.07 Å². The van der Waals surface area contributed by atoms with Crippen molar-refractivity contribution in [1.82, 2.24) is 0 Å². The second kappa shape index (κ2) is 5.10. The van der Waals surface area contributed by atoms with Crippen molar-refractivity contribution >= 4 is 21.7 Å². The van der Waals surface area contributed by atoms with Gasteiger partial charge in [0.05, 0.1) is 23.7 Å². The van der Waals surface area contributed by atoms with Crippen LogP contribution in [0.1, 0.15) is 31.1 Å². The number of Topliss-reactive ketones (excluding diaryl/α,β-unsaturated/α-hetero) is 1. The van der Waals surface area contributed by atoms with Gasteiger partial charge >= 0.3 is 0 Å². The highest BCUT2D eigenvalue weighted by molar-refractivity contribution is 9.10.